The van der Waals surface area contributed by atoms with Gasteiger partial charge in [-0.1, -0.05) is 42.6 Å². The molecular formula is C27H27ClN2O3S. The van der Waals surface area contributed by atoms with Crippen LogP contribution < -0.4 is 10.2 Å². The molecule has 3 aromatic rings. The summed E-state index contributed by atoms with van der Waals surface area (Å²) >= 11 is 7.63. The molecule has 2 aromatic carbocycles. The van der Waals surface area contributed by atoms with Gasteiger partial charge in [0.25, 0.3) is 0 Å². The van der Waals surface area contributed by atoms with Crippen LogP contribution in [0.1, 0.15) is 59.4 Å². The number of benzene rings is 2. The van der Waals surface area contributed by atoms with Gasteiger partial charge >= 0.3 is 0 Å². The van der Waals surface area contributed by atoms with Crippen molar-refractivity contribution in [2.75, 3.05) is 4.90 Å². The zero-order valence-corrected chi connectivity index (χ0v) is 20.6. The second-order valence-corrected chi connectivity index (χ2v) is 10.0. The summed E-state index contributed by atoms with van der Waals surface area (Å²) in [6.45, 7) is 1.50. The molecule has 4 rings (SSSR count). The van der Waals surface area contributed by atoms with Crippen molar-refractivity contribution in [3.8, 4) is 0 Å². The Kier molecular flexibility index (Phi) is 7.80. The number of carbonyl (C=O) groups is 3. The molecular weight excluding hydrogens is 468 g/mol. The smallest absolute Gasteiger partial charge is 0.248 e. The van der Waals surface area contributed by atoms with Gasteiger partial charge in [-0.25, -0.2) is 0 Å². The van der Waals surface area contributed by atoms with Gasteiger partial charge in [0, 0.05) is 27.2 Å². The largest absolute Gasteiger partial charge is 0.351 e. The number of Topliss-reactive ketones (excluding diaryl/α,β-unsaturated/α-hetero) is 1. The van der Waals surface area contributed by atoms with Gasteiger partial charge in [-0.15, -0.1) is 11.3 Å². The van der Waals surface area contributed by atoms with Crippen LogP contribution in [0.3, 0.4) is 0 Å². The third kappa shape index (κ3) is 5.75. The Morgan fingerprint density at radius 2 is 1.71 bits per heavy atom. The van der Waals surface area contributed by atoms with Gasteiger partial charge in [-0.2, -0.15) is 0 Å². The molecule has 1 aliphatic rings. The van der Waals surface area contributed by atoms with Crippen molar-refractivity contribution >= 4 is 46.2 Å². The van der Waals surface area contributed by atoms with E-state index in [1.54, 1.807) is 53.4 Å². The van der Waals surface area contributed by atoms with E-state index >= 15 is 0 Å². The molecule has 0 bridgehead atoms. The number of halogens is 1. The van der Waals surface area contributed by atoms with Crippen molar-refractivity contribution in [3.05, 3.63) is 87.1 Å². The van der Waals surface area contributed by atoms with Crippen LogP contribution >= 0.6 is 22.9 Å². The third-order valence-electron chi connectivity index (χ3n) is 6.12. The van der Waals surface area contributed by atoms with Gasteiger partial charge in [-0.05, 0) is 73.2 Å². The Bertz CT molecular complexity index is 1140. The summed E-state index contributed by atoms with van der Waals surface area (Å²) in [5.74, 6) is -0.472. The zero-order chi connectivity index (χ0) is 24.1. The lowest BCUT2D eigenvalue weighted by Crippen LogP contribution is -2.46. The van der Waals surface area contributed by atoms with Crippen molar-refractivity contribution < 1.29 is 14.4 Å². The number of rotatable bonds is 8. The van der Waals surface area contributed by atoms with Crippen LogP contribution in [-0.4, -0.2) is 23.6 Å². The summed E-state index contributed by atoms with van der Waals surface area (Å²) in [5.41, 5.74) is 1.79. The summed E-state index contributed by atoms with van der Waals surface area (Å²) < 4.78 is 0. The standard InChI is InChI=1S/C27H27ClN2O3S/c1-18(31)19-10-14-23(15-11-19)30(25(32)17-24-7-4-16-34-24)26(20-8-12-21(28)13-9-20)27(33)29-22-5-2-3-6-22/h4,7-16,22,26H,2-3,5-6,17H2,1H3,(H,29,33)/t26-/m1/s1. The lowest BCUT2D eigenvalue weighted by Gasteiger charge is -2.32. The van der Waals surface area contributed by atoms with E-state index in [1.807, 2.05) is 17.5 Å². The Morgan fingerprint density at radius 1 is 1.03 bits per heavy atom. The van der Waals surface area contributed by atoms with E-state index in [4.69, 9.17) is 11.6 Å². The molecule has 176 valence electrons. The summed E-state index contributed by atoms with van der Waals surface area (Å²) in [5, 5.41) is 5.65. The first-order chi connectivity index (χ1) is 16.4. The number of nitrogens with zero attached hydrogens (tertiary/aromatic N) is 1. The average molecular weight is 495 g/mol. The molecule has 1 aliphatic carbocycles. The fourth-order valence-electron chi connectivity index (χ4n) is 4.35. The molecule has 0 saturated heterocycles. The highest BCUT2D eigenvalue weighted by Crippen LogP contribution is 2.31. The monoisotopic (exact) mass is 494 g/mol. The number of hydrogen-bond donors (Lipinski definition) is 1. The van der Waals surface area contributed by atoms with E-state index in [0.29, 0.717) is 21.8 Å². The van der Waals surface area contributed by atoms with Crippen LogP contribution in [0.4, 0.5) is 5.69 Å². The fourth-order valence-corrected chi connectivity index (χ4v) is 5.18. The molecule has 0 unspecified atom stereocenters. The van der Waals surface area contributed by atoms with E-state index < -0.39 is 6.04 Å². The lowest BCUT2D eigenvalue weighted by atomic mass is 10.0. The summed E-state index contributed by atoms with van der Waals surface area (Å²) in [7, 11) is 0. The van der Waals surface area contributed by atoms with Crippen LogP contribution in [0.25, 0.3) is 0 Å². The second kappa shape index (κ2) is 11.0. The molecule has 1 fully saturated rings. The topological polar surface area (TPSA) is 66.5 Å². The zero-order valence-electron chi connectivity index (χ0n) is 19.0. The number of hydrogen-bond acceptors (Lipinski definition) is 4. The van der Waals surface area contributed by atoms with Crippen LogP contribution in [0, 0.1) is 0 Å². The molecule has 1 N–H and O–H groups in total. The number of amides is 2. The average Bonchev–Trinajstić information content (AvgIpc) is 3.52. The van der Waals surface area contributed by atoms with Crippen LogP contribution in [0.15, 0.2) is 66.0 Å². The van der Waals surface area contributed by atoms with Gasteiger partial charge in [0.15, 0.2) is 5.78 Å². The molecule has 34 heavy (non-hydrogen) atoms. The van der Waals surface area contributed by atoms with Gasteiger partial charge < -0.3 is 5.32 Å². The van der Waals surface area contributed by atoms with E-state index in [2.05, 4.69) is 5.32 Å². The Morgan fingerprint density at radius 3 is 2.29 bits per heavy atom. The summed E-state index contributed by atoms with van der Waals surface area (Å²) in [4.78, 5) is 41.7. The Balaban J connectivity index is 1.76. The van der Waals surface area contributed by atoms with Gasteiger partial charge in [0.1, 0.15) is 6.04 Å². The molecule has 1 atom stereocenters. The number of ketones is 1. The first-order valence-corrected chi connectivity index (χ1v) is 12.7. The van der Waals surface area contributed by atoms with E-state index in [9.17, 15) is 14.4 Å². The Hall–Kier alpha value is -2.96. The van der Waals surface area contributed by atoms with Crippen molar-refractivity contribution in [1.29, 1.82) is 0 Å². The molecule has 0 spiro atoms. The van der Waals surface area contributed by atoms with Crippen molar-refractivity contribution in [2.24, 2.45) is 0 Å². The predicted molar refractivity (Wildman–Crippen MR) is 137 cm³/mol. The Labute approximate surface area is 208 Å². The van der Waals surface area contributed by atoms with E-state index in [0.717, 1.165) is 30.6 Å². The fraction of sp³-hybridized carbons (Fsp3) is 0.296. The predicted octanol–water partition coefficient (Wildman–Crippen LogP) is 5.98. The first-order valence-electron chi connectivity index (χ1n) is 11.4. The molecule has 5 nitrogen and oxygen atoms in total. The lowest BCUT2D eigenvalue weighted by molar-refractivity contribution is -0.127. The minimum atomic E-state index is -0.867. The van der Waals surface area contributed by atoms with Gasteiger partial charge in [-0.3, -0.25) is 19.3 Å². The number of nitrogens with one attached hydrogen (secondary N) is 1. The van der Waals surface area contributed by atoms with Crippen LogP contribution in [-0.2, 0) is 16.0 Å². The summed E-state index contributed by atoms with van der Waals surface area (Å²) in [6.07, 6.45) is 4.23. The quantitative estimate of drug-likeness (QED) is 0.392. The van der Waals surface area contributed by atoms with Crippen LogP contribution in [0.5, 0.6) is 0 Å². The first kappa shape index (κ1) is 24.2. The minimum absolute atomic E-state index is 0.0590. The van der Waals surface area contributed by atoms with Crippen molar-refractivity contribution in [3.63, 3.8) is 0 Å². The third-order valence-corrected chi connectivity index (χ3v) is 7.25. The van der Waals surface area contributed by atoms with E-state index in [-0.39, 0.29) is 30.1 Å². The molecule has 2 amide bonds. The van der Waals surface area contributed by atoms with Crippen molar-refractivity contribution in [2.45, 2.75) is 51.1 Å². The highest BCUT2D eigenvalue weighted by Gasteiger charge is 2.34. The maximum atomic E-state index is 13.7. The minimum Gasteiger partial charge on any atom is -0.351 e. The van der Waals surface area contributed by atoms with Crippen LogP contribution in [0.2, 0.25) is 5.02 Å². The highest BCUT2D eigenvalue weighted by molar-refractivity contribution is 7.10. The maximum absolute atomic E-state index is 13.7. The van der Waals surface area contributed by atoms with Crippen molar-refractivity contribution in [1.82, 2.24) is 5.32 Å². The summed E-state index contributed by atoms with van der Waals surface area (Å²) in [6, 6.07) is 16.9. The SMILES string of the molecule is CC(=O)c1ccc(N(C(=O)Cc2cccs2)[C@@H](C(=O)NC2CCCC2)c2ccc(Cl)cc2)cc1. The van der Waals surface area contributed by atoms with Gasteiger partial charge in [0.2, 0.25) is 11.8 Å². The molecule has 1 heterocycles. The molecule has 7 heteroatoms. The molecule has 0 aliphatic heterocycles. The van der Waals surface area contributed by atoms with E-state index in [1.165, 1.54) is 18.3 Å². The van der Waals surface area contributed by atoms with Gasteiger partial charge in [0.05, 0.1) is 6.42 Å². The second-order valence-electron chi connectivity index (χ2n) is 8.57. The number of carbonyl (C=O) groups excluding carboxylic acids is 3. The maximum Gasteiger partial charge on any atom is 0.248 e. The molecule has 1 saturated carbocycles. The number of thiophene rings is 1. The highest BCUT2D eigenvalue weighted by atomic mass is 35.5. The number of anilines is 1. The molecule has 1 aromatic heterocycles. The normalized spacial score (nSPS) is 14.5. The molecule has 0 radical (unpaired) electrons.